The number of hydrogen-bond acceptors (Lipinski definition) is 3. The third-order valence-electron chi connectivity index (χ3n) is 5.36. The van der Waals surface area contributed by atoms with E-state index < -0.39 is 0 Å². The number of hydrogen-bond donors (Lipinski definition) is 1. The fraction of sp³-hybridized carbons (Fsp3) is 0.435. The smallest absolute Gasteiger partial charge is 0.223 e. The summed E-state index contributed by atoms with van der Waals surface area (Å²) < 4.78 is 5.36. The first kappa shape index (κ1) is 19.4. The number of nitrogens with zero attached hydrogens (tertiary/aromatic N) is 1. The Bertz CT molecular complexity index is 709. The summed E-state index contributed by atoms with van der Waals surface area (Å²) in [5.41, 5.74) is 2.52. The van der Waals surface area contributed by atoms with Crippen molar-refractivity contribution in [3.05, 3.63) is 65.7 Å². The molecule has 1 N–H and O–H groups in total. The van der Waals surface area contributed by atoms with Crippen LogP contribution in [0.1, 0.15) is 30.4 Å². The number of methoxy groups -OCH3 is 1. The SMILES string of the molecule is COc1ccccc1CNCCC(=O)N1CCC(Cc2ccccc2)CC1. The Balaban J connectivity index is 1.35. The van der Waals surface area contributed by atoms with E-state index in [4.69, 9.17) is 4.74 Å². The van der Waals surface area contributed by atoms with Crippen molar-refractivity contribution in [1.82, 2.24) is 10.2 Å². The molecule has 144 valence electrons. The average Bonchev–Trinajstić information content (AvgIpc) is 2.72. The highest BCUT2D eigenvalue weighted by Crippen LogP contribution is 2.22. The molecule has 4 nitrogen and oxygen atoms in total. The molecule has 0 saturated carbocycles. The van der Waals surface area contributed by atoms with Crippen molar-refractivity contribution in [2.24, 2.45) is 5.92 Å². The molecule has 0 spiro atoms. The first-order valence-corrected chi connectivity index (χ1v) is 9.90. The maximum absolute atomic E-state index is 12.5. The van der Waals surface area contributed by atoms with Gasteiger partial charge in [0.25, 0.3) is 0 Å². The molecule has 1 saturated heterocycles. The van der Waals surface area contributed by atoms with Crippen molar-refractivity contribution < 1.29 is 9.53 Å². The van der Waals surface area contributed by atoms with Gasteiger partial charge >= 0.3 is 0 Å². The van der Waals surface area contributed by atoms with Crippen molar-refractivity contribution in [2.75, 3.05) is 26.7 Å². The van der Waals surface area contributed by atoms with Gasteiger partial charge in [-0.1, -0.05) is 48.5 Å². The van der Waals surface area contributed by atoms with Crippen LogP contribution in [0.2, 0.25) is 0 Å². The highest BCUT2D eigenvalue weighted by molar-refractivity contribution is 5.76. The highest BCUT2D eigenvalue weighted by Gasteiger charge is 2.22. The number of rotatable bonds is 8. The van der Waals surface area contributed by atoms with Gasteiger partial charge < -0.3 is 15.0 Å². The molecule has 0 aliphatic carbocycles. The van der Waals surface area contributed by atoms with Crippen molar-refractivity contribution in [2.45, 2.75) is 32.2 Å². The van der Waals surface area contributed by atoms with Crippen LogP contribution in [0, 0.1) is 5.92 Å². The molecular formula is C23H30N2O2. The maximum atomic E-state index is 12.5. The first-order valence-electron chi connectivity index (χ1n) is 9.90. The number of ether oxygens (including phenoxy) is 1. The van der Waals surface area contributed by atoms with E-state index in [1.807, 2.05) is 29.2 Å². The average molecular weight is 367 g/mol. The van der Waals surface area contributed by atoms with E-state index in [0.29, 0.717) is 18.9 Å². The largest absolute Gasteiger partial charge is 0.496 e. The highest BCUT2D eigenvalue weighted by atomic mass is 16.5. The van der Waals surface area contributed by atoms with E-state index in [2.05, 4.69) is 35.6 Å². The zero-order valence-corrected chi connectivity index (χ0v) is 16.2. The second kappa shape index (κ2) is 10.1. The second-order valence-electron chi connectivity index (χ2n) is 7.25. The Kier molecular flexibility index (Phi) is 7.28. The molecule has 2 aromatic rings. The van der Waals surface area contributed by atoms with Gasteiger partial charge in [-0.05, 0) is 36.8 Å². The Hall–Kier alpha value is -2.33. The molecule has 4 heteroatoms. The van der Waals surface area contributed by atoms with Gasteiger partial charge in [-0.3, -0.25) is 4.79 Å². The normalized spacial score (nSPS) is 14.9. The van der Waals surface area contributed by atoms with Crippen LogP contribution in [0.4, 0.5) is 0 Å². The molecule has 1 fully saturated rings. The van der Waals surface area contributed by atoms with E-state index in [9.17, 15) is 4.79 Å². The molecule has 0 aromatic heterocycles. The Morgan fingerprint density at radius 1 is 1.07 bits per heavy atom. The van der Waals surface area contributed by atoms with Gasteiger partial charge in [0.2, 0.25) is 5.91 Å². The molecule has 1 aliphatic rings. The molecule has 0 atom stereocenters. The molecule has 0 radical (unpaired) electrons. The second-order valence-corrected chi connectivity index (χ2v) is 7.25. The number of nitrogens with one attached hydrogen (secondary N) is 1. The standard InChI is InChI=1S/C23H30N2O2/c1-27-22-10-6-5-9-21(22)18-24-14-11-23(26)25-15-12-20(13-16-25)17-19-7-3-2-4-8-19/h2-10,20,24H,11-18H2,1H3. The summed E-state index contributed by atoms with van der Waals surface area (Å²) in [7, 11) is 1.68. The van der Waals surface area contributed by atoms with E-state index in [-0.39, 0.29) is 5.91 Å². The Morgan fingerprint density at radius 3 is 2.52 bits per heavy atom. The fourth-order valence-corrected chi connectivity index (χ4v) is 3.76. The predicted molar refractivity (Wildman–Crippen MR) is 109 cm³/mol. The molecule has 0 unspecified atom stereocenters. The predicted octanol–water partition coefficient (Wildman–Crippen LogP) is 3.66. The maximum Gasteiger partial charge on any atom is 0.223 e. The molecular weight excluding hydrogens is 336 g/mol. The minimum absolute atomic E-state index is 0.265. The van der Waals surface area contributed by atoms with Crippen LogP contribution in [0.5, 0.6) is 5.75 Å². The topological polar surface area (TPSA) is 41.6 Å². The Morgan fingerprint density at radius 2 is 1.78 bits per heavy atom. The van der Waals surface area contributed by atoms with Gasteiger partial charge in [0, 0.05) is 38.2 Å². The molecule has 1 amide bonds. The molecule has 3 rings (SSSR count). The number of carbonyl (C=O) groups is 1. The zero-order chi connectivity index (χ0) is 18.9. The quantitative estimate of drug-likeness (QED) is 0.725. The summed E-state index contributed by atoms with van der Waals surface area (Å²) in [5.74, 6) is 1.85. The van der Waals surface area contributed by atoms with E-state index in [0.717, 1.165) is 50.2 Å². The molecule has 27 heavy (non-hydrogen) atoms. The monoisotopic (exact) mass is 366 g/mol. The van der Waals surface area contributed by atoms with Crippen LogP contribution < -0.4 is 10.1 Å². The van der Waals surface area contributed by atoms with Gasteiger partial charge in [0.05, 0.1) is 7.11 Å². The number of amides is 1. The van der Waals surface area contributed by atoms with Gasteiger partial charge in [0.15, 0.2) is 0 Å². The van der Waals surface area contributed by atoms with Gasteiger partial charge in [-0.2, -0.15) is 0 Å². The third-order valence-corrected chi connectivity index (χ3v) is 5.36. The van der Waals surface area contributed by atoms with E-state index in [1.54, 1.807) is 7.11 Å². The van der Waals surface area contributed by atoms with E-state index >= 15 is 0 Å². The lowest BCUT2D eigenvalue weighted by Gasteiger charge is -2.32. The van der Waals surface area contributed by atoms with Crippen LogP contribution in [0.25, 0.3) is 0 Å². The summed E-state index contributed by atoms with van der Waals surface area (Å²) in [4.78, 5) is 14.5. The van der Waals surface area contributed by atoms with E-state index in [1.165, 1.54) is 5.56 Å². The molecule has 2 aromatic carbocycles. The fourth-order valence-electron chi connectivity index (χ4n) is 3.76. The summed E-state index contributed by atoms with van der Waals surface area (Å²) in [6.07, 6.45) is 3.90. The van der Waals surface area contributed by atoms with Crippen LogP contribution in [-0.2, 0) is 17.8 Å². The number of likely N-dealkylation sites (tertiary alicyclic amines) is 1. The summed E-state index contributed by atoms with van der Waals surface area (Å²) >= 11 is 0. The van der Waals surface area contributed by atoms with Crippen molar-refractivity contribution in [3.8, 4) is 5.75 Å². The Labute approximate surface area is 162 Å². The summed E-state index contributed by atoms with van der Waals surface area (Å²) in [5, 5.41) is 3.36. The number of piperidine rings is 1. The minimum Gasteiger partial charge on any atom is -0.496 e. The third kappa shape index (κ3) is 5.83. The van der Waals surface area contributed by atoms with Gasteiger partial charge in [0.1, 0.15) is 5.75 Å². The number of benzene rings is 2. The van der Waals surface area contributed by atoms with Crippen LogP contribution >= 0.6 is 0 Å². The van der Waals surface area contributed by atoms with Crippen LogP contribution in [0.15, 0.2) is 54.6 Å². The lowest BCUT2D eigenvalue weighted by molar-refractivity contribution is -0.132. The minimum atomic E-state index is 0.265. The van der Waals surface area contributed by atoms with Crippen molar-refractivity contribution in [1.29, 1.82) is 0 Å². The van der Waals surface area contributed by atoms with Crippen molar-refractivity contribution in [3.63, 3.8) is 0 Å². The molecule has 1 heterocycles. The molecule has 0 bridgehead atoms. The number of para-hydroxylation sites is 1. The van der Waals surface area contributed by atoms with Crippen LogP contribution in [0.3, 0.4) is 0 Å². The van der Waals surface area contributed by atoms with Gasteiger partial charge in [-0.25, -0.2) is 0 Å². The summed E-state index contributed by atoms with van der Waals surface area (Å²) in [6.45, 7) is 3.20. The lowest BCUT2D eigenvalue weighted by atomic mass is 9.90. The number of carbonyl (C=O) groups excluding carboxylic acids is 1. The first-order chi connectivity index (χ1) is 13.3. The zero-order valence-electron chi connectivity index (χ0n) is 16.2. The van der Waals surface area contributed by atoms with Crippen molar-refractivity contribution >= 4 is 5.91 Å². The lowest BCUT2D eigenvalue weighted by Crippen LogP contribution is -2.39. The molecule has 1 aliphatic heterocycles. The van der Waals surface area contributed by atoms with Crippen LogP contribution in [-0.4, -0.2) is 37.6 Å². The van der Waals surface area contributed by atoms with Gasteiger partial charge in [-0.15, -0.1) is 0 Å². The summed E-state index contributed by atoms with van der Waals surface area (Å²) in [6, 6.07) is 18.6.